The van der Waals surface area contributed by atoms with Gasteiger partial charge in [0.05, 0.1) is 6.10 Å². The smallest absolute Gasteiger partial charge is 0.0579 e. The van der Waals surface area contributed by atoms with Gasteiger partial charge < -0.3 is 4.74 Å². The molecule has 0 unspecified atom stereocenters. The summed E-state index contributed by atoms with van der Waals surface area (Å²) in [4.78, 5) is 2.70. The number of azide groups is 1. The quantitative estimate of drug-likeness (QED) is 0.315. The van der Waals surface area contributed by atoms with Crippen molar-refractivity contribution >= 4 is 0 Å². The highest BCUT2D eigenvalue weighted by Gasteiger charge is 2.27. The first-order valence-corrected chi connectivity index (χ1v) is 2.94. The van der Waals surface area contributed by atoms with E-state index in [1.807, 2.05) is 0 Å². The lowest BCUT2D eigenvalue weighted by molar-refractivity contribution is 0.0280. The molecule has 4 nitrogen and oxygen atoms in total. The topological polar surface area (TPSA) is 58.0 Å². The molecule has 0 aliphatic heterocycles. The molecule has 1 fully saturated rings. The second kappa shape index (κ2) is 2.71. The SMILES string of the molecule is COC1CC(N=[N+]=[N-])C1. The van der Waals surface area contributed by atoms with Gasteiger partial charge in [-0.2, -0.15) is 0 Å². The Labute approximate surface area is 53.4 Å². The van der Waals surface area contributed by atoms with Crippen molar-refractivity contribution in [2.24, 2.45) is 5.11 Å². The summed E-state index contributed by atoms with van der Waals surface area (Å²) in [5, 5.41) is 3.53. The molecular formula is C5H9N3O. The number of methoxy groups -OCH3 is 1. The van der Waals surface area contributed by atoms with Gasteiger partial charge in [0.15, 0.2) is 0 Å². The molecular weight excluding hydrogens is 118 g/mol. The van der Waals surface area contributed by atoms with Crippen molar-refractivity contribution in [2.75, 3.05) is 7.11 Å². The van der Waals surface area contributed by atoms with E-state index in [2.05, 4.69) is 10.0 Å². The fourth-order valence-corrected chi connectivity index (χ4v) is 0.898. The summed E-state index contributed by atoms with van der Waals surface area (Å²) in [6.45, 7) is 0. The molecule has 0 bridgehead atoms. The molecule has 0 heterocycles. The van der Waals surface area contributed by atoms with Crippen LogP contribution in [0.15, 0.2) is 5.11 Å². The Hall–Kier alpha value is -0.730. The van der Waals surface area contributed by atoms with E-state index in [9.17, 15) is 0 Å². The van der Waals surface area contributed by atoms with Gasteiger partial charge in [-0.05, 0) is 18.4 Å². The first-order valence-electron chi connectivity index (χ1n) is 2.94. The maximum Gasteiger partial charge on any atom is 0.0579 e. The normalized spacial score (nSPS) is 32.6. The van der Waals surface area contributed by atoms with Crippen LogP contribution in [0.5, 0.6) is 0 Å². The molecule has 1 aliphatic rings. The van der Waals surface area contributed by atoms with Crippen LogP contribution in [0, 0.1) is 0 Å². The molecule has 0 saturated heterocycles. The van der Waals surface area contributed by atoms with Crippen LogP contribution in [-0.2, 0) is 4.74 Å². The molecule has 0 radical (unpaired) electrons. The average Bonchev–Trinajstić information content (AvgIpc) is 1.77. The van der Waals surface area contributed by atoms with Gasteiger partial charge in [0.25, 0.3) is 0 Å². The minimum atomic E-state index is 0.194. The Morgan fingerprint density at radius 1 is 1.67 bits per heavy atom. The molecule has 0 spiro atoms. The molecule has 0 aromatic heterocycles. The van der Waals surface area contributed by atoms with Gasteiger partial charge in [-0.15, -0.1) is 0 Å². The first-order chi connectivity index (χ1) is 4.36. The summed E-state index contributed by atoms with van der Waals surface area (Å²) in [5.74, 6) is 0. The van der Waals surface area contributed by atoms with Crippen molar-refractivity contribution in [3.63, 3.8) is 0 Å². The third-order valence-corrected chi connectivity index (χ3v) is 1.62. The summed E-state index contributed by atoms with van der Waals surface area (Å²) >= 11 is 0. The van der Waals surface area contributed by atoms with Gasteiger partial charge >= 0.3 is 0 Å². The largest absolute Gasteiger partial charge is 0.381 e. The van der Waals surface area contributed by atoms with E-state index >= 15 is 0 Å². The number of hydrogen-bond donors (Lipinski definition) is 0. The third kappa shape index (κ3) is 1.34. The molecule has 9 heavy (non-hydrogen) atoms. The predicted molar refractivity (Wildman–Crippen MR) is 33.0 cm³/mol. The second-order valence-corrected chi connectivity index (χ2v) is 2.19. The van der Waals surface area contributed by atoms with Crippen LogP contribution in [0.4, 0.5) is 0 Å². The van der Waals surface area contributed by atoms with Gasteiger partial charge in [0.2, 0.25) is 0 Å². The summed E-state index contributed by atoms with van der Waals surface area (Å²) in [7, 11) is 1.68. The minimum Gasteiger partial charge on any atom is -0.381 e. The van der Waals surface area contributed by atoms with E-state index in [-0.39, 0.29) is 6.04 Å². The number of nitrogens with zero attached hydrogens (tertiary/aromatic N) is 3. The Kier molecular flexibility index (Phi) is 1.92. The summed E-state index contributed by atoms with van der Waals surface area (Å²) in [6, 6.07) is 0.194. The Balaban J connectivity index is 2.19. The fraction of sp³-hybridized carbons (Fsp3) is 1.00. The molecule has 0 aromatic carbocycles. The summed E-state index contributed by atoms with van der Waals surface area (Å²) in [5.41, 5.74) is 7.98. The van der Waals surface area contributed by atoms with E-state index in [0.717, 1.165) is 12.8 Å². The maximum atomic E-state index is 7.98. The van der Waals surface area contributed by atoms with Crippen LogP contribution in [0.2, 0.25) is 0 Å². The predicted octanol–water partition coefficient (Wildman–Crippen LogP) is 1.47. The van der Waals surface area contributed by atoms with Crippen LogP contribution in [0.25, 0.3) is 10.4 Å². The molecule has 1 aliphatic carbocycles. The van der Waals surface area contributed by atoms with E-state index in [4.69, 9.17) is 10.3 Å². The lowest BCUT2D eigenvalue weighted by Gasteiger charge is -2.30. The zero-order valence-electron chi connectivity index (χ0n) is 5.32. The zero-order chi connectivity index (χ0) is 6.69. The maximum absolute atomic E-state index is 7.98. The molecule has 1 rings (SSSR count). The van der Waals surface area contributed by atoms with E-state index in [1.54, 1.807) is 7.11 Å². The highest BCUT2D eigenvalue weighted by molar-refractivity contribution is 4.85. The van der Waals surface area contributed by atoms with Crippen molar-refractivity contribution in [3.05, 3.63) is 10.4 Å². The Morgan fingerprint density at radius 2 is 2.33 bits per heavy atom. The van der Waals surface area contributed by atoms with Crippen molar-refractivity contribution in [2.45, 2.75) is 25.0 Å². The van der Waals surface area contributed by atoms with Crippen molar-refractivity contribution in [1.29, 1.82) is 0 Å². The Bertz CT molecular complexity index is 135. The van der Waals surface area contributed by atoms with E-state index < -0.39 is 0 Å². The van der Waals surface area contributed by atoms with Gasteiger partial charge in [0.1, 0.15) is 0 Å². The molecule has 0 amide bonds. The van der Waals surface area contributed by atoms with E-state index in [1.165, 1.54) is 0 Å². The lowest BCUT2D eigenvalue weighted by Crippen LogP contribution is -2.32. The summed E-state index contributed by atoms with van der Waals surface area (Å²) < 4.78 is 4.98. The molecule has 50 valence electrons. The average molecular weight is 127 g/mol. The van der Waals surface area contributed by atoms with Crippen LogP contribution >= 0.6 is 0 Å². The lowest BCUT2D eigenvalue weighted by atomic mass is 9.90. The molecule has 4 heteroatoms. The van der Waals surface area contributed by atoms with E-state index in [0.29, 0.717) is 6.10 Å². The van der Waals surface area contributed by atoms with Crippen LogP contribution < -0.4 is 0 Å². The number of ether oxygens (including phenoxy) is 1. The van der Waals surface area contributed by atoms with Gasteiger partial charge in [0, 0.05) is 18.1 Å². The van der Waals surface area contributed by atoms with Crippen LogP contribution in [-0.4, -0.2) is 19.3 Å². The minimum absolute atomic E-state index is 0.194. The molecule has 1 saturated carbocycles. The Morgan fingerprint density at radius 3 is 2.78 bits per heavy atom. The van der Waals surface area contributed by atoms with Gasteiger partial charge in [-0.3, -0.25) is 0 Å². The highest BCUT2D eigenvalue weighted by atomic mass is 16.5. The van der Waals surface area contributed by atoms with Crippen molar-refractivity contribution in [1.82, 2.24) is 0 Å². The van der Waals surface area contributed by atoms with Gasteiger partial charge in [-0.25, -0.2) is 0 Å². The number of hydrogen-bond acceptors (Lipinski definition) is 2. The second-order valence-electron chi connectivity index (χ2n) is 2.19. The van der Waals surface area contributed by atoms with Crippen molar-refractivity contribution < 1.29 is 4.74 Å². The molecule has 0 atom stereocenters. The van der Waals surface area contributed by atoms with Crippen molar-refractivity contribution in [3.8, 4) is 0 Å². The molecule has 0 aromatic rings. The monoisotopic (exact) mass is 127 g/mol. The fourth-order valence-electron chi connectivity index (χ4n) is 0.898. The third-order valence-electron chi connectivity index (χ3n) is 1.62. The summed E-state index contributed by atoms with van der Waals surface area (Å²) in [6.07, 6.45) is 2.11. The molecule has 0 N–H and O–H groups in total. The standard InChI is InChI=1S/C5H9N3O/c1-9-5-2-4(3-5)7-8-6/h4-5H,2-3H2,1H3. The zero-order valence-corrected chi connectivity index (χ0v) is 5.32. The number of rotatable bonds is 2. The first kappa shape index (κ1) is 6.39. The highest BCUT2D eigenvalue weighted by Crippen LogP contribution is 2.25. The van der Waals surface area contributed by atoms with Crippen LogP contribution in [0.1, 0.15) is 12.8 Å². The van der Waals surface area contributed by atoms with Crippen LogP contribution in [0.3, 0.4) is 0 Å². The van der Waals surface area contributed by atoms with Gasteiger partial charge in [-0.1, -0.05) is 5.11 Å².